The number of nitrogens with one attached hydrogen (secondary N) is 1. The van der Waals surface area contributed by atoms with Crippen molar-refractivity contribution in [3.8, 4) is 0 Å². The predicted molar refractivity (Wildman–Crippen MR) is 78.7 cm³/mol. The molecule has 0 aliphatic rings. The van der Waals surface area contributed by atoms with E-state index < -0.39 is 0 Å². The molecule has 0 atom stereocenters. The molecule has 2 heterocycles. The van der Waals surface area contributed by atoms with E-state index in [-0.39, 0.29) is 0 Å². The smallest absolute Gasteiger partial charge is 0.169 e. The number of benzene rings is 1. The van der Waals surface area contributed by atoms with Gasteiger partial charge in [-0.1, -0.05) is 5.16 Å². The van der Waals surface area contributed by atoms with Crippen LogP contribution in [0, 0.1) is 6.92 Å². The summed E-state index contributed by atoms with van der Waals surface area (Å²) in [5, 5.41) is 12.7. The van der Waals surface area contributed by atoms with Gasteiger partial charge in [-0.15, -0.1) is 0 Å². The first kappa shape index (κ1) is 12.7. The molecule has 1 aromatic carbocycles. The lowest BCUT2D eigenvalue weighted by molar-refractivity contribution is 0.450. The Morgan fingerprint density at radius 3 is 2.95 bits per heavy atom. The quantitative estimate of drug-likeness (QED) is 0.788. The summed E-state index contributed by atoms with van der Waals surface area (Å²) in [6.07, 6.45) is 1.83. The first-order chi connectivity index (χ1) is 9.65. The molecule has 1 N–H and O–H groups in total. The molecule has 0 aliphatic carbocycles. The van der Waals surface area contributed by atoms with Crippen molar-refractivity contribution >= 4 is 16.7 Å². The summed E-state index contributed by atoms with van der Waals surface area (Å²) in [7, 11) is 0. The lowest BCUT2D eigenvalue weighted by atomic mass is 10.2. The van der Waals surface area contributed by atoms with E-state index in [0.29, 0.717) is 6.04 Å². The lowest BCUT2D eigenvalue weighted by Crippen LogP contribution is -2.10. The monoisotopic (exact) mass is 270 g/mol. The standard InChI is InChI=1S/C15H18N4O/c1-10(2)19-13(6-7-17-19)9-16-12-4-5-14-11(3)18-20-15(14)8-12/h4-8,10,16H,9H2,1-3H3. The van der Waals surface area contributed by atoms with Crippen molar-refractivity contribution in [1.29, 1.82) is 0 Å². The van der Waals surface area contributed by atoms with E-state index >= 15 is 0 Å². The topological polar surface area (TPSA) is 55.9 Å². The summed E-state index contributed by atoms with van der Waals surface area (Å²) in [6, 6.07) is 8.45. The number of hydrogen-bond donors (Lipinski definition) is 1. The molecule has 0 fully saturated rings. The molecule has 0 spiro atoms. The molecular weight excluding hydrogens is 252 g/mol. The second-order valence-corrected chi connectivity index (χ2v) is 5.19. The van der Waals surface area contributed by atoms with Crippen molar-refractivity contribution in [2.45, 2.75) is 33.4 Å². The molecular formula is C15H18N4O. The molecule has 0 radical (unpaired) electrons. The summed E-state index contributed by atoms with van der Waals surface area (Å²) >= 11 is 0. The van der Waals surface area contributed by atoms with Crippen LogP contribution in [0.1, 0.15) is 31.3 Å². The van der Waals surface area contributed by atoms with E-state index in [4.69, 9.17) is 4.52 Å². The normalized spacial score (nSPS) is 11.4. The van der Waals surface area contributed by atoms with Crippen molar-refractivity contribution in [2.75, 3.05) is 5.32 Å². The minimum atomic E-state index is 0.362. The molecule has 5 nitrogen and oxygen atoms in total. The van der Waals surface area contributed by atoms with Gasteiger partial charge in [-0.3, -0.25) is 4.68 Å². The molecule has 0 amide bonds. The third-order valence-corrected chi connectivity index (χ3v) is 3.37. The number of anilines is 1. The van der Waals surface area contributed by atoms with E-state index in [1.54, 1.807) is 0 Å². The van der Waals surface area contributed by atoms with Gasteiger partial charge >= 0.3 is 0 Å². The number of aromatic nitrogens is 3. The van der Waals surface area contributed by atoms with Crippen molar-refractivity contribution < 1.29 is 4.52 Å². The highest BCUT2D eigenvalue weighted by molar-refractivity contribution is 5.82. The summed E-state index contributed by atoms with van der Waals surface area (Å²) in [5.41, 5.74) is 3.91. The highest BCUT2D eigenvalue weighted by Crippen LogP contribution is 2.22. The SMILES string of the molecule is Cc1noc2cc(NCc3ccnn3C(C)C)ccc12. The molecule has 104 valence electrons. The first-order valence-corrected chi connectivity index (χ1v) is 6.77. The van der Waals surface area contributed by atoms with Crippen LogP contribution < -0.4 is 5.32 Å². The maximum atomic E-state index is 5.28. The molecule has 2 aromatic heterocycles. The number of hydrogen-bond acceptors (Lipinski definition) is 4. The van der Waals surface area contributed by atoms with Crippen LogP contribution in [0.5, 0.6) is 0 Å². The van der Waals surface area contributed by atoms with Crippen LogP contribution in [0.2, 0.25) is 0 Å². The highest BCUT2D eigenvalue weighted by atomic mass is 16.5. The van der Waals surface area contributed by atoms with E-state index in [1.807, 2.05) is 42.1 Å². The zero-order chi connectivity index (χ0) is 14.1. The molecule has 3 aromatic rings. The molecule has 0 aliphatic heterocycles. The zero-order valence-electron chi connectivity index (χ0n) is 11.9. The lowest BCUT2D eigenvalue weighted by Gasteiger charge is -2.12. The first-order valence-electron chi connectivity index (χ1n) is 6.77. The summed E-state index contributed by atoms with van der Waals surface area (Å²) in [5.74, 6) is 0. The molecule has 0 saturated heterocycles. The number of fused-ring (bicyclic) bond motifs is 1. The van der Waals surface area contributed by atoms with Crippen LogP contribution in [-0.2, 0) is 6.54 Å². The number of aryl methyl sites for hydroxylation is 1. The largest absolute Gasteiger partial charge is 0.379 e. The summed E-state index contributed by atoms with van der Waals surface area (Å²) in [6.45, 7) is 6.93. The van der Waals surface area contributed by atoms with E-state index in [1.165, 1.54) is 0 Å². The fourth-order valence-corrected chi connectivity index (χ4v) is 2.31. The maximum absolute atomic E-state index is 5.28. The van der Waals surface area contributed by atoms with Crippen LogP contribution in [0.15, 0.2) is 35.0 Å². The second kappa shape index (κ2) is 5.00. The van der Waals surface area contributed by atoms with Crippen LogP contribution in [0.4, 0.5) is 5.69 Å². The predicted octanol–water partition coefficient (Wildman–Crippen LogP) is 3.53. The van der Waals surface area contributed by atoms with Crippen LogP contribution >= 0.6 is 0 Å². The van der Waals surface area contributed by atoms with Gasteiger partial charge in [-0.2, -0.15) is 5.10 Å². The minimum Gasteiger partial charge on any atom is -0.379 e. The van der Waals surface area contributed by atoms with E-state index in [9.17, 15) is 0 Å². The minimum absolute atomic E-state index is 0.362. The van der Waals surface area contributed by atoms with Gasteiger partial charge in [-0.05, 0) is 39.0 Å². The van der Waals surface area contributed by atoms with Gasteiger partial charge in [0.1, 0.15) is 0 Å². The average molecular weight is 270 g/mol. The molecule has 3 rings (SSSR count). The Balaban J connectivity index is 1.78. The third kappa shape index (κ3) is 2.27. The maximum Gasteiger partial charge on any atom is 0.169 e. The fourth-order valence-electron chi connectivity index (χ4n) is 2.31. The Bertz CT molecular complexity index is 726. The van der Waals surface area contributed by atoms with Gasteiger partial charge in [-0.25, -0.2) is 0 Å². The Kier molecular flexibility index (Phi) is 3.18. The van der Waals surface area contributed by atoms with Gasteiger partial charge in [0.05, 0.1) is 17.9 Å². The Morgan fingerprint density at radius 1 is 1.30 bits per heavy atom. The zero-order valence-corrected chi connectivity index (χ0v) is 11.9. The molecule has 0 bridgehead atoms. The van der Waals surface area contributed by atoms with E-state index in [2.05, 4.69) is 29.4 Å². The van der Waals surface area contributed by atoms with Gasteiger partial charge in [0.15, 0.2) is 5.58 Å². The van der Waals surface area contributed by atoms with Crippen molar-refractivity contribution in [2.24, 2.45) is 0 Å². The Morgan fingerprint density at radius 2 is 2.15 bits per heavy atom. The second-order valence-electron chi connectivity index (χ2n) is 5.19. The summed E-state index contributed by atoms with van der Waals surface area (Å²) in [4.78, 5) is 0. The van der Waals surface area contributed by atoms with Gasteiger partial charge in [0.25, 0.3) is 0 Å². The fraction of sp³-hybridized carbons (Fsp3) is 0.333. The van der Waals surface area contributed by atoms with Crippen LogP contribution in [0.3, 0.4) is 0 Å². The molecule has 0 saturated carbocycles. The molecule has 20 heavy (non-hydrogen) atoms. The van der Waals surface area contributed by atoms with Crippen LogP contribution in [-0.4, -0.2) is 14.9 Å². The average Bonchev–Trinajstić information content (AvgIpc) is 3.03. The number of rotatable bonds is 4. The van der Waals surface area contributed by atoms with Crippen LogP contribution in [0.25, 0.3) is 11.0 Å². The molecule has 5 heteroatoms. The van der Waals surface area contributed by atoms with Gasteiger partial charge in [0.2, 0.25) is 0 Å². The highest BCUT2D eigenvalue weighted by Gasteiger charge is 2.07. The van der Waals surface area contributed by atoms with Gasteiger partial charge < -0.3 is 9.84 Å². The third-order valence-electron chi connectivity index (χ3n) is 3.37. The number of nitrogens with zero attached hydrogens (tertiary/aromatic N) is 3. The Labute approximate surface area is 117 Å². The summed E-state index contributed by atoms with van der Waals surface area (Å²) < 4.78 is 7.30. The Hall–Kier alpha value is -2.30. The van der Waals surface area contributed by atoms with Crippen molar-refractivity contribution in [3.05, 3.63) is 41.9 Å². The van der Waals surface area contributed by atoms with E-state index in [0.717, 1.165) is 34.6 Å². The van der Waals surface area contributed by atoms with Crippen molar-refractivity contribution in [1.82, 2.24) is 14.9 Å². The van der Waals surface area contributed by atoms with Crippen molar-refractivity contribution in [3.63, 3.8) is 0 Å². The van der Waals surface area contributed by atoms with Gasteiger partial charge in [0, 0.05) is 29.4 Å². The molecule has 0 unspecified atom stereocenters.